The number of esters is 1. The lowest BCUT2D eigenvalue weighted by Gasteiger charge is -2.29. The minimum absolute atomic E-state index is 0.0806. The van der Waals surface area contributed by atoms with Gasteiger partial charge >= 0.3 is 19.4 Å². The molecule has 14 nitrogen and oxygen atoms in total. The van der Waals surface area contributed by atoms with Crippen molar-refractivity contribution >= 4 is 13.7 Å². The zero-order chi connectivity index (χ0) is 28.1. The van der Waals surface area contributed by atoms with E-state index in [0.717, 1.165) is 4.57 Å². The summed E-state index contributed by atoms with van der Waals surface area (Å²) in [5, 5.41) is 16.5. The van der Waals surface area contributed by atoms with Crippen LogP contribution in [0.1, 0.15) is 32.7 Å². The molecule has 1 aromatic carbocycles. The van der Waals surface area contributed by atoms with E-state index >= 15 is 4.39 Å². The number of aliphatic hydroxyl groups excluding tert-OH is 1. The van der Waals surface area contributed by atoms with Crippen LogP contribution in [0.5, 0.6) is 5.75 Å². The van der Waals surface area contributed by atoms with Gasteiger partial charge in [0.1, 0.15) is 17.9 Å². The molecule has 0 spiro atoms. The summed E-state index contributed by atoms with van der Waals surface area (Å²) in [5.74, 6) is -0.686. The molecule has 6 atom stereocenters. The van der Waals surface area contributed by atoms with Crippen LogP contribution < -0.4 is 15.3 Å². The summed E-state index contributed by atoms with van der Waals surface area (Å²) in [6, 6.07) is 8.00. The predicted octanol–water partition coefficient (Wildman–Crippen LogP) is 2.92. The Morgan fingerprint density at radius 1 is 1.37 bits per heavy atom. The first-order valence-electron chi connectivity index (χ1n) is 11.5. The third-order valence-corrected chi connectivity index (χ3v) is 6.91. The van der Waals surface area contributed by atoms with E-state index < -0.39 is 62.4 Å². The zero-order valence-corrected chi connectivity index (χ0v) is 21.9. The molecule has 0 amide bonds. The molecule has 0 aliphatic carbocycles. The molecule has 0 bridgehead atoms. The van der Waals surface area contributed by atoms with Crippen molar-refractivity contribution in [3.8, 4) is 5.75 Å². The van der Waals surface area contributed by atoms with Crippen LogP contribution in [0.15, 0.2) is 52.5 Å². The SMILES string of the molecule is Cc1ccn([C@@H]2O[C@@](COP(=O)(NC(C)C(=O)OC(C)C)Oc3ccccc3)(N=[N+]=[N-])[C@@H](O)[C@H]2F)c(=O)n1. The average Bonchev–Trinajstić information content (AvgIpc) is 3.09. The highest BCUT2D eigenvalue weighted by molar-refractivity contribution is 7.52. The number of para-hydroxylation sites is 1. The normalized spacial score (nSPS) is 25.3. The minimum Gasteiger partial charge on any atom is -0.462 e. The van der Waals surface area contributed by atoms with Crippen molar-refractivity contribution in [2.45, 2.75) is 64.1 Å². The average molecular weight is 554 g/mol. The number of hydrogen-bond donors (Lipinski definition) is 2. The fourth-order valence-electron chi connectivity index (χ4n) is 3.47. The number of nitrogens with one attached hydrogen (secondary N) is 1. The number of aromatic nitrogens is 2. The number of azide groups is 1. The standard InChI is InChI=1S/C22H28FN6O8P/c1-13(2)35-20(31)15(4)26-38(33,37-16-8-6-5-7-9-16)34-12-22(27-28-24)18(30)17(23)19(36-22)29-11-10-14(3)25-21(29)32/h5-11,13,15,17-19,30H,12H2,1-4H3,(H,26,33)/t15?,17-,18+,19-,22-,38?/m1/s1. The van der Waals surface area contributed by atoms with Crippen molar-refractivity contribution in [3.63, 3.8) is 0 Å². The quantitative estimate of drug-likeness (QED) is 0.137. The molecular weight excluding hydrogens is 526 g/mol. The lowest BCUT2D eigenvalue weighted by atomic mass is 10.1. The van der Waals surface area contributed by atoms with E-state index in [4.69, 9.17) is 24.1 Å². The number of alkyl halides is 1. The number of rotatable bonds is 11. The van der Waals surface area contributed by atoms with Crippen LogP contribution in [-0.2, 0) is 23.4 Å². The zero-order valence-electron chi connectivity index (χ0n) is 21.0. The molecule has 0 saturated carbocycles. The van der Waals surface area contributed by atoms with Gasteiger partial charge in [0.2, 0.25) is 5.72 Å². The molecule has 1 aliphatic rings. The molecule has 38 heavy (non-hydrogen) atoms. The van der Waals surface area contributed by atoms with Gasteiger partial charge in [-0.15, -0.1) is 0 Å². The van der Waals surface area contributed by atoms with Gasteiger partial charge < -0.3 is 19.1 Å². The van der Waals surface area contributed by atoms with Gasteiger partial charge in [0.25, 0.3) is 0 Å². The molecule has 3 rings (SSSR count). The molecule has 2 unspecified atom stereocenters. The van der Waals surface area contributed by atoms with Crippen LogP contribution in [0.3, 0.4) is 0 Å². The Bertz CT molecular complexity index is 1290. The van der Waals surface area contributed by atoms with Crippen molar-refractivity contribution in [3.05, 3.63) is 69.2 Å². The Morgan fingerprint density at radius 3 is 2.66 bits per heavy atom. The Morgan fingerprint density at radius 2 is 2.05 bits per heavy atom. The van der Waals surface area contributed by atoms with E-state index in [1.54, 1.807) is 39.0 Å². The minimum atomic E-state index is -4.50. The van der Waals surface area contributed by atoms with Crippen LogP contribution in [-0.4, -0.2) is 57.4 Å². The summed E-state index contributed by atoms with van der Waals surface area (Å²) < 4.78 is 51.3. The summed E-state index contributed by atoms with van der Waals surface area (Å²) in [7, 11) is -4.50. The second kappa shape index (κ2) is 12.0. The van der Waals surface area contributed by atoms with Crippen LogP contribution in [0, 0.1) is 6.92 Å². The topological polar surface area (TPSA) is 187 Å². The van der Waals surface area contributed by atoms with Crippen LogP contribution in [0.4, 0.5) is 4.39 Å². The highest BCUT2D eigenvalue weighted by Crippen LogP contribution is 2.48. The van der Waals surface area contributed by atoms with Crippen molar-refractivity contribution in [2.24, 2.45) is 5.11 Å². The maximum atomic E-state index is 15.2. The second-order valence-electron chi connectivity index (χ2n) is 8.70. The molecule has 2 N–H and O–H groups in total. The van der Waals surface area contributed by atoms with Gasteiger partial charge in [0.05, 0.1) is 12.7 Å². The summed E-state index contributed by atoms with van der Waals surface area (Å²) in [6.07, 6.45) is -5.43. The molecule has 1 aromatic heterocycles. The molecule has 206 valence electrons. The number of aliphatic hydroxyl groups is 1. The van der Waals surface area contributed by atoms with Gasteiger partial charge in [0.15, 0.2) is 12.4 Å². The van der Waals surface area contributed by atoms with Gasteiger partial charge in [-0.25, -0.2) is 13.8 Å². The van der Waals surface area contributed by atoms with Gasteiger partial charge in [-0.05, 0) is 51.4 Å². The first-order valence-corrected chi connectivity index (χ1v) is 13.0. The maximum absolute atomic E-state index is 15.2. The smallest absolute Gasteiger partial charge is 0.459 e. The van der Waals surface area contributed by atoms with E-state index in [1.165, 1.54) is 31.3 Å². The summed E-state index contributed by atoms with van der Waals surface area (Å²) in [5.41, 5.74) is 6.16. The number of benzene rings is 1. The molecular formula is C22H28FN6O8P. The van der Waals surface area contributed by atoms with E-state index in [9.17, 15) is 19.3 Å². The number of ether oxygens (including phenoxy) is 2. The molecule has 1 saturated heterocycles. The number of nitrogens with zero attached hydrogens (tertiary/aromatic N) is 5. The summed E-state index contributed by atoms with van der Waals surface area (Å²) in [6.45, 7) is 5.16. The molecule has 1 aliphatic heterocycles. The van der Waals surface area contributed by atoms with E-state index in [-0.39, 0.29) is 5.75 Å². The third-order valence-electron chi connectivity index (χ3n) is 5.29. The van der Waals surface area contributed by atoms with Gasteiger partial charge in [-0.3, -0.25) is 13.9 Å². The van der Waals surface area contributed by atoms with Crippen LogP contribution in [0.25, 0.3) is 10.4 Å². The predicted molar refractivity (Wildman–Crippen MR) is 131 cm³/mol. The van der Waals surface area contributed by atoms with E-state index in [2.05, 4.69) is 20.1 Å². The second-order valence-corrected chi connectivity index (χ2v) is 10.4. The lowest BCUT2D eigenvalue weighted by Crippen LogP contribution is -2.45. The summed E-state index contributed by atoms with van der Waals surface area (Å²) >= 11 is 0. The molecule has 2 heterocycles. The highest BCUT2D eigenvalue weighted by atomic mass is 31.2. The fourth-order valence-corrected chi connectivity index (χ4v) is 4.98. The van der Waals surface area contributed by atoms with Crippen LogP contribution in [0.2, 0.25) is 0 Å². The monoisotopic (exact) mass is 554 g/mol. The Kier molecular flexibility index (Phi) is 9.26. The maximum Gasteiger partial charge on any atom is 0.459 e. The van der Waals surface area contributed by atoms with Crippen LogP contribution >= 0.6 is 7.75 Å². The van der Waals surface area contributed by atoms with E-state index in [1.807, 2.05) is 0 Å². The number of aryl methyl sites for hydroxylation is 1. The fraction of sp³-hybridized carbons (Fsp3) is 0.500. The Hall–Kier alpha value is -3.32. The van der Waals surface area contributed by atoms with Gasteiger partial charge in [-0.1, -0.05) is 23.3 Å². The van der Waals surface area contributed by atoms with Gasteiger partial charge in [0, 0.05) is 16.8 Å². The largest absolute Gasteiger partial charge is 0.462 e. The number of carbonyl (C=O) groups is 1. The van der Waals surface area contributed by atoms with Crippen molar-refractivity contribution in [2.75, 3.05) is 6.61 Å². The third kappa shape index (κ3) is 6.76. The molecule has 0 radical (unpaired) electrons. The van der Waals surface area contributed by atoms with Crippen molar-refractivity contribution in [1.29, 1.82) is 0 Å². The lowest BCUT2D eigenvalue weighted by molar-refractivity contribution is -0.149. The molecule has 2 aromatic rings. The molecule has 16 heteroatoms. The van der Waals surface area contributed by atoms with Crippen molar-refractivity contribution < 1.29 is 37.4 Å². The number of carbonyl (C=O) groups excluding carboxylic acids is 1. The Labute approximate surface area is 216 Å². The van der Waals surface area contributed by atoms with E-state index in [0.29, 0.717) is 5.69 Å². The van der Waals surface area contributed by atoms with Crippen molar-refractivity contribution in [1.82, 2.24) is 14.6 Å². The first-order chi connectivity index (χ1) is 17.9. The van der Waals surface area contributed by atoms with Gasteiger partial charge in [-0.2, -0.15) is 10.1 Å². The number of halogens is 1. The number of hydrogen-bond acceptors (Lipinski definition) is 10. The Balaban J connectivity index is 1.90. The highest BCUT2D eigenvalue weighted by Gasteiger charge is 2.57. The first kappa shape index (κ1) is 29.2. The summed E-state index contributed by atoms with van der Waals surface area (Å²) in [4.78, 5) is 30.9. The molecule has 1 fully saturated rings.